The minimum Gasteiger partial charge on any atom is -0.473 e. The number of hydrogen-bond acceptors (Lipinski definition) is 4. The lowest BCUT2D eigenvalue weighted by Crippen LogP contribution is -2.50. The van der Waals surface area contributed by atoms with Gasteiger partial charge in [0.2, 0.25) is 6.29 Å². The summed E-state index contributed by atoms with van der Waals surface area (Å²) in [5.74, 6) is 0. The minimum atomic E-state index is -0.275. The molecule has 2 aliphatic heterocycles. The van der Waals surface area contributed by atoms with Crippen LogP contribution in [0.25, 0.3) is 0 Å². The van der Waals surface area contributed by atoms with E-state index >= 15 is 0 Å². The molecule has 1 spiro atoms. The van der Waals surface area contributed by atoms with Crippen molar-refractivity contribution < 1.29 is 18.9 Å². The molecule has 2 heterocycles. The third-order valence-electron chi connectivity index (χ3n) is 5.66. The van der Waals surface area contributed by atoms with Crippen LogP contribution >= 0.6 is 0 Å². The van der Waals surface area contributed by atoms with Gasteiger partial charge in [-0.3, -0.25) is 0 Å². The zero-order valence-electron chi connectivity index (χ0n) is 13.6. The minimum absolute atomic E-state index is 0.0553. The molecule has 0 N–H and O–H groups in total. The maximum absolute atomic E-state index is 6.34. The first-order chi connectivity index (χ1) is 11.3. The van der Waals surface area contributed by atoms with Crippen LogP contribution < -0.4 is 0 Å². The Labute approximate surface area is 137 Å². The van der Waals surface area contributed by atoms with Crippen LogP contribution in [0.3, 0.4) is 0 Å². The van der Waals surface area contributed by atoms with Gasteiger partial charge in [-0.05, 0) is 24.5 Å². The maximum atomic E-state index is 6.34. The molecule has 124 valence electrons. The van der Waals surface area contributed by atoms with Crippen LogP contribution in [0.5, 0.6) is 0 Å². The smallest absolute Gasteiger partial charge is 0.200 e. The average molecular weight is 316 g/mol. The highest BCUT2D eigenvalue weighted by molar-refractivity contribution is 5.28. The SMILES string of the molecule is COCO[C@@H](c1ccccc1)[C@@]12CCCC[C@@]13C=CO[C@@H](C2)O3. The Bertz CT molecular complexity index is 572. The fourth-order valence-electron chi connectivity index (χ4n) is 4.71. The fourth-order valence-corrected chi connectivity index (χ4v) is 4.71. The van der Waals surface area contributed by atoms with Gasteiger partial charge < -0.3 is 18.9 Å². The largest absolute Gasteiger partial charge is 0.473 e. The van der Waals surface area contributed by atoms with Crippen molar-refractivity contribution >= 4 is 0 Å². The van der Waals surface area contributed by atoms with Gasteiger partial charge in [0, 0.05) is 18.9 Å². The number of fused-ring (bicyclic) bond motifs is 1. The van der Waals surface area contributed by atoms with E-state index in [1.807, 2.05) is 12.3 Å². The van der Waals surface area contributed by atoms with Gasteiger partial charge >= 0.3 is 0 Å². The average Bonchev–Trinajstić information content (AvgIpc) is 2.82. The van der Waals surface area contributed by atoms with E-state index in [-0.39, 0.29) is 30.2 Å². The van der Waals surface area contributed by atoms with Crippen molar-refractivity contribution in [1.82, 2.24) is 0 Å². The van der Waals surface area contributed by atoms with Gasteiger partial charge in [-0.25, -0.2) is 0 Å². The van der Waals surface area contributed by atoms with E-state index in [2.05, 4.69) is 30.3 Å². The summed E-state index contributed by atoms with van der Waals surface area (Å²) in [5, 5.41) is 0. The number of benzene rings is 1. The summed E-state index contributed by atoms with van der Waals surface area (Å²) < 4.78 is 23.5. The zero-order valence-corrected chi connectivity index (χ0v) is 13.6. The molecule has 0 unspecified atom stereocenters. The van der Waals surface area contributed by atoms with Crippen LogP contribution in [0.15, 0.2) is 42.7 Å². The summed E-state index contributed by atoms with van der Waals surface area (Å²) in [6, 6.07) is 10.5. The number of rotatable bonds is 5. The highest BCUT2D eigenvalue weighted by Gasteiger charge is 2.65. The second-order valence-corrected chi connectivity index (χ2v) is 6.81. The van der Waals surface area contributed by atoms with Gasteiger partial charge in [0.15, 0.2) is 0 Å². The Hall–Kier alpha value is -1.36. The Morgan fingerprint density at radius 1 is 1.22 bits per heavy atom. The van der Waals surface area contributed by atoms with Crippen LogP contribution in [0.4, 0.5) is 0 Å². The standard InChI is InChI=1S/C19H24O4/c1-20-14-22-17(15-7-3-2-4-8-15)18-9-5-6-10-19(18)11-12-21-16(13-18)23-19/h2-4,7-8,11-12,16-17H,5-6,9-10,13-14H2,1H3/t16-,17+,18+,19-/m1/s1. The van der Waals surface area contributed by atoms with Crippen LogP contribution in [0, 0.1) is 5.41 Å². The second kappa shape index (κ2) is 5.93. The summed E-state index contributed by atoms with van der Waals surface area (Å²) in [5.41, 5.74) is 0.820. The van der Waals surface area contributed by atoms with Crippen molar-refractivity contribution in [2.45, 2.75) is 50.1 Å². The van der Waals surface area contributed by atoms with Crippen molar-refractivity contribution in [2.24, 2.45) is 5.41 Å². The van der Waals surface area contributed by atoms with Gasteiger partial charge in [0.05, 0.1) is 12.4 Å². The number of methoxy groups -OCH3 is 1. The highest BCUT2D eigenvalue weighted by Crippen LogP contribution is 2.64. The molecular formula is C19H24O4. The van der Waals surface area contributed by atoms with E-state index < -0.39 is 0 Å². The van der Waals surface area contributed by atoms with E-state index in [0.717, 1.165) is 19.3 Å². The molecule has 3 aliphatic rings. The topological polar surface area (TPSA) is 36.9 Å². The van der Waals surface area contributed by atoms with E-state index in [4.69, 9.17) is 18.9 Å². The Morgan fingerprint density at radius 2 is 2.04 bits per heavy atom. The molecule has 0 amide bonds. The molecule has 4 rings (SSSR count). The van der Waals surface area contributed by atoms with Gasteiger partial charge in [0.1, 0.15) is 12.4 Å². The first kappa shape index (κ1) is 15.2. The van der Waals surface area contributed by atoms with Crippen LogP contribution in [-0.2, 0) is 18.9 Å². The molecular weight excluding hydrogens is 292 g/mol. The summed E-state index contributed by atoms with van der Waals surface area (Å²) in [6.45, 7) is 0.284. The monoisotopic (exact) mass is 316 g/mol. The normalized spacial score (nSPS) is 36.3. The van der Waals surface area contributed by atoms with Crippen molar-refractivity contribution in [1.29, 1.82) is 0 Å². The molecule has 4 heteroatoms. The predicted octanol–water partition coefficient (Wildman–Crippen LogP) is 3.94. The molecule has 2 bridgehead atoms. The van der Waals surface area contributed by atoms with Gasteiger partial charge in [-0.2, -0.15) is 0 Å². The molecule has 23 heavy (non-hydrogen) atoms. The highest BCUT2D eigenvalue weighted by atomic mass is 16.7. The summed E-state index contributed by atoms with van der Waals surface area (Å²) in [4.78, 5) is 0. The Balaban J connectivity index is 1.78. The van der Waals surface area contributed by atoms with Crippen molar-refractivity contribution in [3.63, 3.8) is 0 Å². The van der Waals surface area contributed by atoms with E-state index in [1.165, 1.54) is 18.4 Å². The van der Waals surface area contributed by atoms with E-state index in [1.54, 1.807) is 7.11 Å². The zero-order chi connectivity index (χ0) is 15.8. The molecule has 1 saturated carbocycles. The molecule has 1 aliphatic carbocycles. The molecule has 0 radical (unpaired) electrons. The van der Waals surface area contributed by atoms with Crippen molar-refractivity contribution in [3.05, 3.63) is 48.2 Å². The molecule has 0 aromatic heterocycles. The molecule has 1 aromatic carbocycles. The quantitative estimate of drug-likeness (QED) is 0.771. The molecule has 2 fully saturated rings. The van der Waals surface area contributed by atoms with Gasteiger partial charge in [-0.15, -0.1) is 0 Å². The molecule has 4 nitrogen and oxygen atoms in total. The molecule has 1 aromatic rings. The van der Waals surface area contributed by atoms with E-state index in [9.17, 15) is 0 Å². The van der Waals surface area contributed by atoms with Crippen molar-refractivity contribution in [2.75, 3.05) is 13.9 Å². The summed E-state index contributed by atoms with van der Waals surface area (Å²) >= 11 is 0. The lowest BCUT2D eigenvalue weighted by Gasteiger charge is -2.50. The summed E-state index contributed by atoms with van der Waals surface area (Å²) in [6.07, 6.45) is 9.11. The fraction of sp³-hybridized carbons (Fsp3) is 0.579. The third-order valence-corrected chi connectivity index (χ3v) is 5.66. The van der Waals surface area contributed by atoms with Crippen molar-refractivity contribution in [3.8, 4) is 0 Å². The maximum Gasteiger partial charge on any atom is 0.200 e. The second-order valence-electron chi connectivity index (χ2n) is 6.81. The lowest BCUT2D eigenvalue weighted by molar-refractivity contribution is -0.194. The first-order valence-corrected chi connectivity index (χ1v) is 8.46. The summed E-state index contributed by atoms with van der Waals surface area (Å²) in [7, 11) is 1.67. The van der Waals surface area contributed by atoms with E-state index in [0.29, 0.717) is 0 Å². The lowest BCUT2D eigenvalue weighted by atomic mass is 9.59. The Kier molecular flexibility index (Phi) is 3.92. The predicted molar refractivity (Wildman–Crippen MR) is 85.5 cm³/mol. The van der Waals surface area contributed by atoms with Gasteiger partial charge in [0.25, 0.3) is 0 Å². The van der Waals surface area contributed by atoms with Crippen LogP contribution in [-0.4, -0.2) is 25.8 Å². The Morgan fingerprint density at radius 3 is 2.87 bits per heavy atom. The third kappa shape index (κ3) is 2.32. The first-order valence-electron chi connectivity index (χ1n) is 8.46. The van der Waals surface area contributed by atoms with Crippen LogP contribution in [0.1, 0.15) is 43.8 Å². The van der Waals surface area contributed by atoms with Crippen LogP contribution in [0.2, 0.25) is 0 Å². The van der Waals surface area contributed by atoms with Gasteiger partial charge in [-0.1, -0.05) is 43.2 Å². The molecule has 4 atom stereocenters. The number of ether oxygens (including phenoxy) is 4. The molecule has 1 saturated heterocycles. The number of hydrogen-bond donors (Lipinski definition) is 0.